The van der Waals surface area contributed by atoms with Crippen LogP contribution in [0.3, 0.4) is 0 Å². The summed E-state index contributed by atoms with van der Waals surface area (Å²) in [6.07, 6.45) is 0. The highest BCUT2D eigenvalue weighted by molar-refractivity contribution is 7.24. The number of aromatic nitrogens is 1. The maximum Gasteiger partial charge on any atom is 0.259 e. The van der Waals surface area contributed by atoms with Gasteiger partial charge in [0.1, 0.15) is 5.52 Å². The number of nitrogen functional groups attached to an aromatic ring is 1. The standard InChI is InChI=1S/C14H13N2S.ClH/c1-8-7-12-14(13(15)9(8)2)16-10-5-3-4-6-11(10)17-12;/h3-7H,15H2,1-2H3;1H/q+1;/p-1. The number of nitrogens with two attached hydrogens (primary N) is 1. The first-order valence-electron chi connectivity index (χ1n) is 5.55. The quantitative estimate of drug-likeness (QED) is 0.377. The molecule has 0 aliphatic heterocycles. The van der Waals surface area contributed by atoms with E-state index < -0.39 is 0 Å². The van der Waals surface area contributed by atoms with Crippen LogP contribution in [0.4, 0.5) is 5.69 Å². The molecule has 0 fully saturated rings. The molecule has 1 aromatic heterocycles. The summed E-state index contributed by atoms with van der Waals surface area (Å²) in [5.41, 5.74) is 11.3. The monoisotopic (exact) mass is 276 g/mol. The predicted octanol–water partition coefficient (Wildman–Crippen LogP) is 0.934. The topological polar surface area (TPSA) is 38.9 Å². The first-order chi connectivity index (χ1) is 8.16. The second-order valence-electron chi connectivity index (χ2n) is 4.26. The lowest BCUT2D eigenvalue weighted by atomic mass is 10.1. The Labute approximate surface area is 116 Å². The van der Waals surface area contributed by atoms with Crippen molar-refractivity contribution in [2.45, 2.75) is 13.8 Å². The Morgan fingerprint density at radius 3 is 2.61 bits per heavy atom. The molecule has 3 aromatic rings. The van der Waals surface area contributed by atoms with Gasteiger partial charge in [0, 0.05) is 12.1 Å². The summed E-state index contributed by atoms with van der Waals surface area (Å²) in [5.74, 6) is 0. The molecular weight excluding hydrogens is 264 g/mol. The Morgan fingerprint density at radius 1 is 1.11 bits per heavy atom. The van der Waals surface area contributed by atoms with E-state index in [0.29, 0.717) is 0 Å². The molecule has 0 saturated heterocycles. The molecule has 0 aliphatic rings. The fourth-order valence-electron chi connectivity index (χ4n) is 1.96. The third kappa shape index (κ3) is 1.89. The molecule has 2 nitrogen and oxygen atoms in total. The zero-order valence-corrected chi connectivity index (χ0v) is 11.8. The van der Waals surface area contributed by atoms with E-state index in [2.05, 4.69) is 24.0 Å². The molecule has 2 N–H and O–H groups in total. The number of anilines is 1. The van der Waals surface area contributed by atoms with Gasteiger partial charge in [-0.1, -0.05) is 12.1 Å². The molecule has 0 spiro atoms. The minimum atomic E-state index is 0. The van der Waals surface area contributed by atoms with Crippen LogP contribution in [0, 0.1) is 13.8 Å². The average Bonchev–Trinajstić information content (AvgIpc) is 2.34. The van der Waals surface area contributed by atoms with Gasteiger partial charge in [-0.2, -0.15) is 0 Å². The zero-order chi connectivity index (χ0) is 12.0. The van der Waals surface area contributed by atoms with E-state index in [1.54, 1.807) is 11.3 Å². The Balaban J connectivity index is 0.00000120. The van der Waals surface area contributed by atoms with Crippen LogP contribution < -0.4 is 18.1 Å². The molecule has 3 rings (SSSR count). The number of aryl methyl sites for hydroxylation is 1. The number of para-hydroxylation sites is 1. The van der Waals surface area contributed by atoms with Gasteiger partial charge < -0.3 is 18.1 Å². The second kappa shape index (κ2) is 4.67. The van der Waals surface area contributed by atoms with E-state index in [1.165, 1.54) is 10.3 Å². The van der Waals surface area contributed by atoms with Crippen LogP contribution in [0.5, 0.6) is 0 Å². The van der Waals surface area contributed by atoms with Gasteiger partial charge in [0.15, 0.2) is 5.52 Å². The summed E-state index contributed by atoms with van der Waals surface area (Å²) in [6.45, 7) is 4.14. The molecule has 92 valence electrons. The van der Waals surface area contributed by atoms with Crippen molar-refractivity contribution in [2.75, 3.05) is 5.73 Å². The van der Waals surface area contributed by atoms with Crippen LogP contribution in [-0.4, -0.2) is 4.98 Å². The van der Waals surface area contributed by atoms with E-state index >= 15 is 0 Å². The van der Waals surface area contributed by atoms with Crippen LogP contribution in [0.1, 0.15) is 11.1 Å². The maximum absolute atomic E-state index is 6.15. The van der Waals surface area contributed by atoms with Crippen LogP contribution in [-0.2, 0) is 0 Å². The lowest BCUT2D eigenvalue weighted by molar-refractivity contribution is -0.00000343. The van der Waals surface area contributed by atoms with Crippen molar-refractivity contribution in [3.05, 3.63) is 41.5 Å². The van der Waals surface area contributed by atoms with Crippen molar-refractivity contribution in [1.82, 2.24) is 4.98 Å². The Bertz CT molecular complexity index is 741. The third-order valence-corrected chi connectivity index (χ3v) is 4.25. The van der Waals surface area contributed by atoms with E-state index in [9.17, 15) is 0 Å². The predicted molar refractivity (Wildman–Crippen MR) is 75.4 cm³/mol. The van der Waals surface area contributed by atoms with E-state index in [-0.39, 0.29) is 12.4 Å². The molecule has 0 bridgehead atoms. The lowest BCUT2D eigenvalue weighted by Gasteiger charge is -2.04. The minimum Gasteiger partial charge on any atom is -1.00 e. The summed E-state index contributed by atoms with van der Waals surface area (Å²) in [7, 11) is 0. The number of halogens is 1. The summed E-state index contributed by atoms with van der Waals surface area (Å²) < 4.78 is 2.35. The van der Waals surface area contributed by atoms with Crippen molar-refractivity contribution >= 4 is 37.5 Å². The maximum atomic E-state index is 6.15. The normalized spacial score (nSPS) is 10.6. The van der Waals surface area contributed by atoms with Crippen molar-refractivity contribution in [3.63, 3.8) is 0 Å². The fourth-order valence-corrected chi connectivity index (χ4v) is 3.05. The first-order valence-corrected chi connectivity index (χ1v) is 6.37. The van der Waals surface area contributed by atoms with Gasteiger partial charge in [0.05, 0.1) is 5.69 Å². The molecule has 0 unspecified atom stereocenters. The molecule has 0 atom stereocenters. The Kier molecular flexibility index (Phi) is 3.37. The third-order valence-electron chi connectivity index (χ3n) is 3.15. The highest BCUT2D eigenvalue weighted by Crippen LogP contribution is 2.32. The van der Waals surface area contributed by atoms with Crippen molar-refractivity contribution in [3.8, 4) is 0 Å². The van der Waals surface area contributed by atoms with Gasteiger partial charge in [-0.25, -0.2) is 4.98 Å². The van der Waals surface area contributed by atoms with Crippen LogP contribution in [0.25, 0.3) is 20.4 Å². The van der Waals surface area contributed by atoms with Gasteiger partial charge in [-0.15, -0.1) is 0 Å². The van der Waals surface area contributed by atoms with E-state index in [0.717, 1.165) is 27.0 Å². The number of hydrogen-bond donors (Lipinski definition) is 1. The molecule has 18 heavy (non-hydrogen) atoms. The van der Waals surface area contributed by atoms with Crippen LogP contribution >= 0.6 is 11.3 Å². The highest BCUT2D eigenvalue weighted by atomic mass is 35.5. The van der Waals surface area contributed by atoms with Gasteiger partial charge in [0.25, 0.3) is 9.40 Å². The smallest absolute Gasteiger partial charge is 0.259 e. The summed E-state index contributed by atoms with van der Waals surface area (Å²) in [5, 5.41) is 0. The fraction of sp³-hybridized carbons (Fsp3) is 0.143. The van der Waals surface area contributed by atoms with E-state index in [4.69, 9.17) is 5.73 Å². The summed E-state index contributed by atoms with van der Waals surface area (Å²) in [6, 6.07) is 10.3. The molecule has 4 heteroatoms. The van der Waals surface area contributed by atoms with Gasteiger partial charge in [-0.05, 0) is 31.0 Å². The minimum absolute atomic E-state index is 0. The molecule has 2 aromatic carbocycles. The molecule has 1 heterocycles. The highest BCUT2D eigenvalue weighted by Gasteiger charge is 2.16. The second-order valence-corrected chi connectivity index (χ2v) is 5.34. The number of hydrogen-bond acceptors (Lipinski definition) is 2. The van der Waals surface area contributed by atoms with Gasteiger partial charge in [-0.3, -0.25) is 0 Å². The van der Waals surface area contributed by atoms with Crippen molar-refractivity contribution < 1.29 is 12.4 Å². The number of benzene rings is 2. The molecular formula is C14H13ClN2S. The lowest BCUT2D eigenvalue weighted by Crippen LogP contribution is -3.00. The van der Waals surface area contributed by atoms with Crippen molar-refractivity contribution in [2.24, 2.45) is 0 Å². The van der Waals surface area contributed by atoms with Gasteiger partial charge >= 0.3 is 0 Å². The first kappa shape index (κ1) is 13.0. The largest absolute Gasteiger partial charge is 1.00 e. The summed E-state index contributed by atoms with van der Waals surface area (Å²) in [4.78, 5) is 4.66. The SMILES string of the molecule is Cc1cc2[s+]c3ccccc3nc2c(N)c1C.[Cl-]. The van der Waals surface area contributed by atoms with Gasteiger partial charge in [0.2, 0.25) is 11.3 Å². The Morgan fingerprint density at radius 2 is 1.83 bits per heavy atom. The molecule has 0 amide bonds. The number of nitrogens with zero attached hydrogens (tertiary/aromatic N) is 1. The number of fused-ring (bicyclic) bond motifs is 2. The Hall–Kier alpha value is -1.45. The summed E-state index contributed by atoms with van der Waals surface area (Å²) >= 11 is 1.75. The van der Waals surface area contributed by atoms with E-state index in [1.807, 2.05) is 25.1 Å². The zero-order valence-electron chi connectivity index (χ0n) is 10.2. The molecule has 0 aliphatic carbocycles. The van der Waals surface area contributed by atoms with Crippen molar-refractivity contribution in [1.29, 1.82) is 0 Å². The molecule has 0 saturated carbocycles. The van der Waals surface area contributed by atoms with Crippen LogP contribution in [0.2, 0.25) is 0 Å². The number of rotatable bonds is 0. The molecule has 0 radical (unpaired) electrons. The van der Waals surface area contributed by atoms with Crippen LogP contribution in [0.15, 0.2) is 30.3 Å². The average molecular weight is 277 g/mol.